The predicted molar refractivity (Wildman–Crippen MR) is 55.5 cm³/mol. The topological polar surface area (TPSA) is 62.8 Å². The highest BCUT2D eigenvalue weighted by Gasteiger charge is 1.99. The highest BCUT2D eigenvalue weighted by Crippen LogP contribution is 2.07. The summed E-state index contributed by atoms with van der Waals surface area (Å²) in [5, 5.41) is 19.7. The Balaban J connectivity index is 2.81. The van der Waals surface area contributed by atoms with Crippen LogP contribution in [0, 0.1) is 16.7 Å². The van der Waals surface area contributed by atoms with Crippen LogP contribution in [-0.2, 0) is 16.4 Å². The van der Waals surface area contributed by atoms with Gasteiger partial charge in [-0.3, -0.25) is 0 Å². The Labute approximate surface area is 89.4 Å². The van der Waals surface area contributed by atoms with Crippen LogP contribution in [0.5, 0.6) is 0 Å². The van der Waals surface area contributed by atoms with Crippen molar-refractivity contribution >= 4 is 22.3 Å². The maximum Gasteiger partial charge on any atom is 0.461 e. The van der Waals surface area contributed by atoms with E-state index in [2.05, 4.69) is 4.98 Å². The zero-order valence-electron chi connectivity index (χ0n) is 7.48. The number of rotatable bonds is 2. The molecule has 0 N–H and O–H groups in total. The first-order valence-electron chi connectivity index (χ1n) is 3.73. The molecule has 1 aromatic rings. The molecule has 1 rings (SSSR count). The molecule has 0 aliphatic carbocycles. The number of pyridine rings is 1. The van der Waals surface area contributed by atoms with Gasteiger partial charge in [0.15, 0.2) is 5.26 Å². The van der Waals surface area contributed by atoms with Crippen LogP contribution in [0.1, 0.15) is 5.56 Å². The molecule has 4 nitrogen and oxygen atoms in total. The van der Waals surface area contributed by atoms with Crippen LogP contribution in [0.2, 0.25) is 5.15 Å². The molecule has 0 aliphatic heterocycles. The molecular formula is C8H8ClN3OS. The Morgan fingerprint density at radius 2 is 2.43 bits per heavy atom. The Kier molecular flexibility index (Phi) is 4.01. The summed E-state index contributed by atoms with van der Waals surface area (Å²) in [6.07, 6.45) is 4.86. The lowest BCUT2D eigenvalue weighted by Crippen LogP contribution is -2.05. The van der Waals surface area contributed by atoms with Gasteiger partial charge < -0.3 is 5.21 Å². The fourth-order valence-corrected chi connectivity index (χ4v) is 1.88. The van der Waals surface area contributed by atoms with Crippen molar-refractivity contribution in [3.8, 4) is 6.19 Å². The van der Waals surface area contributed by atoms with Crippen LogP contribution in [0.15, 0.2) is 18.3 Å². The molecule has 1 atom stereocenters. The van der Waals surface area contributed by atoms with Crippen LogP contribution in [0.25, 0.3) is 0 Å². The van der Waals surface area contributed by atoms with Gasteiger partial charge >= 0.3 is 6.19 Å². The van der Waals surface area contributed by atoms with Gasteiger partial charge in [0, 0.05) is 18.2 Å². The van der Waals surface area contributed by atoms with E-state index in [1.807, 2.05) is 0 Å². The zero-order valence-corrected chi connectivity index (χ0v) is 9.05. The summed E-state index contributed by atoms with van der Waals surface area (Å²) in [7, 11) is -0.639. The van der Waals surface area contributed by atoms with E-state index < -0.39 is 10.7 Å². The fourth-order valence-electron chi connectivity index (χ4n) is 0.861. The predicted octanol–water partition coefficient (Wildman–Crippen LogP) is 1.66. The van der Waals surface area contributed by atoms with Crippen molar-refractivity contribution in [1.82, 2.24) is 4.98 Å². The number of hydroxylamine groups is 1. The summed E-state index contributed by atoms with van der Waals surface area (Å²) in [5.74, 6) is 0.515. The first-order valence-corrected chi connectivity index (χ1v) is 5.87. The van der Waals surface area contributed by atoms with Crippen molar-refractivity contribution < 1.29 is 4.11 Å². The highest BCUT2D eigenvalue weighted by atomic mass is 35.5. The average Bonchev–Trinajstić information content (AvgIpc) is 2.20. The molecular weight excluding hydrogens is 222 g/mol. The first kappa shape index (κ1) is 11.1. The van der Waals surface area contributed by atoms with Gasteiger partial charge in [0.05, 0.1) is 0 Å². The molecule has 0 saturated heterocycles. The number of nitrogens with zero attached hydrogens (tertiary/aromatic N) is 3. The number of halogens is 1. The van der Waals surface area contributed by atoms with Gasteiger partial charge in [0.2, 0.25) is 0 Å². The monoisotopic (exact) mass is 229 g/mol. The molecule has 0 fully saturated rings. The van der Waals surface area contributed by atoms with Gasteiger partial charge in [0.25, 0.3) is 0 Å². The van der Waals surface area contributed by atoms with Crippen LogP contribution in [0.4, 0.5) is 0 Å². The minimum atomic E-state index is -0.639. The summed E-state index contributed by atoms with van der Waals surface area (Å²) in [6.45, 7) is 0. The number of nitriles is 1. The average molecular weight is 230 g/mol. The van der Waals surface area contributed by atoms with Crippen LogP contribution in [0.3, 0.4) is 0 Å². The van der Waals surface area contributed by atoms with Gasteiger partial charge in [-0.25, -0.2) is 4.98 Å². The van der Waals surface area contributed by atoms with Crippen molar-refractivity contribution in [2.45, 2.75) is 5.75 Å². The van der Waals surface area contributed by atoms with Crippen molar-refractivity contribution in [2.75, 3.05) is 6.26 Å². The highest BCUT2D eigenvalue weighted by molar-refractivity contribution is 7.83. The summed E-state index contributed by atoms with van der Waals surface area (Å²) < 4.78 is 0.397. The van der Waals surface area contributed by atoms with E-state index in [1.54, 1.807) is 24.6 Å². The van der Waals surface area contributed by atoms with Gasteiger partial charge in [-0.15, -0.1) is 0 Å². The Bertz CT molecular complexity index is 396. The summed E-state index contributed by atoms with van der Waals surface area (Å²) in [6, 6.07) is 3.46. The quantitative estimate of drug-likeness (QED) is 0.255. The molecule has 0 radical (unpaired) electrons. The third kappa shape index (κ3) is 3.07. The van der Waals surface area contributed by atoms with Crippen molar-refractivity contribution in [2.24, 2.45) is 0 Å². The maximum atomic E-state index is 10.9. The van der Waals surface area contributed by atoms with E-state index in [0.29, 0.717) is 15.0 Å². The normalized spacial score (nSPS) is 13.1. The third-order valence-corrected chi connectivity index (χ3v) is 3.15. The standard InChI is InChI=1S/C8H8ClN3OS/c1-14(12(13)6-10)5-7-2-3-8(9)11-4-7/h2-4H,5H2,1H3. The lowest BCUT2D eigenvalue weighted by Gasteiger charge is -2.05. The molecule has 0 aromatic carbocycles. The second kappa shape index (κ2) is 5.05. The SMILES string of the molecule is CS(Cc1ccc(Cl)nc1)=[N+]([O-])C#N. The van der Waals surface area contributed by atoms with Crippen LogP contribution < -0.4 is 0 Å². The van der Waals surface area contributed by atoms with E-state index >= 15 is 0 Å². The minimum Gasteiger partial charge on any atom is -0.634 e. The molecule has 74 valence electrons. The Morgan fingerprint density at radius 1 is 1.71 bits per heavy atom. The van der Waals surface area contributed by atoms with Crippen molar-refractivity contribution in [1.29, 1.82) is 5.26 Å². The molecule has 1 unspecified atom stereocenters. The molecule has 14 heavy (non-hydrogen) atoms. The maximum absolute atomic E-state index is 10.9. The molecule has 0 amide bonds. The van der Waals surface area contributed by atoms with E-state index in [1.165, 1.54) is 6.19 Å². The van der Waals surface area contributed by atoms with Crippen LogP contribution >= 0.6 is 11.6 Å². The minimum absolute atomic E-state index is 0.397. The van der Waals surface area contributed by atoms with Crippen molar-refractivity contribution in [3.63, 3.8) is 0 Å². The molecule has 6 heteroatoms. The van der Waals surface area contributed by atoms with E-state index in [-0.39, 0.29) is 0 Å². The lowest BCUT2D eigenvalue weighted by molar-refractivity contribution is -0.328. The summed E-state index contributed by atoms with van der Waals surface area (Å²) in [5.41, 5.74) is 0.899. The molecule has 1 heterocycles. The molecule has 0 spiro atoms. The van der Waals surface area contributed by atoms with Crippen molar-refractivity contribution in [3.05, 3.63) is 34.3 Å². The lowest BCUT2D eigenvalue weighted by atomic mass is 10.3. The molecule has 0 aliphatic rings. The molecule has 0 bridgehead atoms. The van der Waals surface area contributed by atoms with E-state index in [4.69, 9.17) is 16.9 Å². The second-order valence-corrected chi connectivity index (χ2v) is 4.80. The second-order valence-electron chi connectivity index (χ2n) is 2.59. The van der Waals surface area contributed by atoms with Gasteiger partial charge in [-0.2, -0.15) is 4.11 Å². The summed E-state index contributed by atoms with van der Waals surface area (Å²) in [4.78, 5) is 3.88. The van der Waals surface area contributed by atoms with Crippen LogP contribution in [-0.4, -0.2) is 15.3 Å². The smallest absolute Gasteiger partial charge is 0.461 e. The van der Waals surface area contributed by atoms with Gasteiger partial charge in [-0.1, -0.05) is 17.7 Å². The number of hydrogen-bond donors (Lipinski definition) is 0. The third-order valence-electron chi connectivity index (χ3n) is 1.53. The summed E-state index contributed by atoms with van der Waals surface area (Å²) >= 11 is 5.60. The Morgan fingerprint density at radius 3 is 2.93 bits per heavy atom. The Hall–Kier alpha value is -0.960. The largest absolute Gasteiger partial charge is 0.634 e. The van der Waals surface area contributed by atoms with Gasteiger partial charge in [-0.05, 0) is 22.3 Å². The van der Waals surface area contributed by atoms with Gasteiger partial charge in [0.1, 0.15) is 5.15 Å². The van der Waals surface area contributed by atoms with E-state index in [0.717, 1.165) is 5.56 Å². The van der Waals surface area contributed by atoms with E-state index in [9.17, 15) is 5.21 Å². The zero-order chi connectivity index (χ0) is 10.6. The molecule has 1 aromatic heterocycles. The number of hydrogen-bond acceptors (Lipinski definition) is 3. The fraction of sp³-hybridized carbons (Fsp3) is 0.250. The molecule has 0 saturated carbocycles. The first-order chi connectivity index (χ1) is 6.63. The number of aromatic nitrogens is 1.